The molecule has 0 aromatic heterocycles. The van der Waals surface area contributed by atoms with E-state index in [1.165, 1.54) is 14.2 Å². The van der Waals surface area contributed by atoms with Crippen molar-refractivity contribution in [3.63, 3.8) is 0 Å². The van der Waals surface area contributed by atoms with Crippen molar-refractivity contribution in [3.05, 3.63) is 58.5 Å². The summed E-state index contributed by atoms with van der Waals surface area (Å²) in [6.45, 7) is 5.27. The Bertz CT molecular complexity index is 820. The number of carbonyl (C=O) groups excluding carboxylic acids is 3. The normalized spacial score (nSPS) is 14.8. The minimum atomic E-state index is -1.20. The predicted molar refractivity (Wildman–Crippen MR) is 101 cm³/mol. The van der Waals surface area contributed by atoms with Gasteiger partial charge in [0.15, 0.2) is 12.3 Å². The molecule has 0 spiro atoms. The van der Waals surface area contributed by atoms with Gasteiger partial charge in [-0.3, -0.25) is 9.59 Å². The molecule has 150 valence electrons. The van der Waals surface area contributed by atoms with Gasteiger partial charge in [0.05, 0.1) is 0 Å². The molecular formula is C20H24N2O6. The van der Waals surface area contributed by atoms with E-state index in [0.29, 0.717) is 16.9 Å². The lowest BCUT2D eigenvalue weighted by Gasteiger charge is -2.25. The molecule has 1 heterocycles. The van der Waals surface area contributed by atoms with Crippen LogP contribution in [-0.2, 0) is 23.8 Å². The van der Waals surface area contributed by atoms with E-state index in [1.807, 2.05) is 0 Å². The van der Waals surface area contributed by atoms with Crippen LogP contribution in [0.5, 0.6) is 0 Å². The van der Waals surface area contributed by atoms with Crippen molar-refractivity contribution in [2.75, 3.05) is 14.2 Å². The molecule has 2 rings (SSSR count). The van der Waals surface area contributed by atoms with Crippen LogP contribution in [-0.4, -0.2) is 44.3 Å². The summed E-state index contributed by atoms with van der Waals surface area (Å²) in [7, 11) is 2.69. The Labute approximate surface area is 163 Å². The van der Waals surface area contributed by atoms with Crippen molar-refractivity contribution >= 4 is 17.8 Å². The Morgan fingerprint density at radius 2 is 1.68 bits per heavy atom. The fourth-order valence-electron chi connectivity index (χ4n) is 2.75. The molecule has 0 fully saturated rings. The van der Waals surface area contributed by atoms with Gasteiger partial charge in [-0.15, -0.1) is 0 Å². The Balaban J connectivity index is 2.26. The number of hydrogen-bond acceptors (Lipinski definition) is 6. The van der Waals surface area contributed by atoms with Crippen LogP contribution in [0.25, 0.3) is 0 Å². The maximum Gasteiger partial charge on any atom is 0.360 e. The molecule has 0 aliphatic carbocycles. The second kappa shape index (κ2) is 9.29. The topological polar surface area (TPSA) is 103 Å². The number of carbonyl (C=O) groups is 3. The van der Waals surface area contributed by atoms with Crippen molar-refractivity contribution in [2.24, 2.45) is 0 Å². The Morgan fingerprint density at radius 1 is 1.07 bits per heavy atom. The summed E-state index contributed by atoms with van der Waals surface area (Å²) in [6.07, 6.45) is -1.06. The lowest BCUT2D eigenvalue weighted by atomic mass is 10.1. The highest BCUT2D eigenvalue weighted by molar-refractivity contribution is 6.02. The highest BCUT2D eigenvalue weighted by Gasteiger charge is 2.35. The summed E-state index contributed by atoms with van der Waals surface area (Å²) in [5, 5.41) is 5.11. The van der Waals surface area contributed by atoms with E-state index in [4.69, 9.17) is 14.2 Å². The molecule has 1 aromatic carbocycles. The lowest BCUT2D eigenvalue weighted by molar-refractivity contribution is -0.148. The third-order valence-electron chi connectivity index (χ3n) is 4.16. The molecule has 8 nitrogen and oxygen atoms in total. The lowest BCUT2D eigenvalue weighted by Crippen LogP contribution is -2.54. The Morgan fingerprint density at radius 3 is 2.18 bits per heavy atom. The van der Waals surface area contributed by atoms with E-state index >= 15 is 0 Å². The standard InChI is InChI=1S/C20H24N2O6/c1-11(2)16-12(3)14(19(25)28-16)21-18(24)15(20(26-4)27-5)22-17(23)13-9-7-6-8-10-13/h6-10,15,20H,1-5H3,(H,21,24)(H,22,23)/t15-/m0/s1. The second-order valence-electron chi connectivity index (χ2n) is 6.36. The van der Waals surface area contributed by atoms with E-state index in [-0.39, 0.29) is 5.70 Å². The molecule has 0 radical (unpaired) electrons. The molecule has 2 N–H and O–H groups in total. The average Bonchev–Trinajstić information content (AvgIpc) is 2.97. The van der Waals surface area contributed by atoms with Gasteiger partial charge >= 0.3 is 5.97 Å². The fourth-order valence-corrected chi connectivity index (χ4v) is 2.75. The van der Waals surface area contributed by atoms with Crippen LogP contribution >= 0.6 is 0 Å². The molecule has 1 aliphatic rings. The van der Waals surface area contributed by atoms with Crippen LogP contribution in [0.1, 0.15) is 31.1 Å². The number of esters is 1. The van der Waals surface area contributed by atoms with E-state index in [9.17, 15) is 14.4 Å². The minimum Gasteiger partial charge on any atom is -0.422 e. The molecule has 1 aromatic rings. The minimum absolute atomic E-state index is 0.0196. The number of benzene rings is 1. The van der Waals surface area contributed by atoms with Gasteiger partial charge in [0.2, 0.25) is 0 Å². The molecule has 0 saturated carbocycles. The fraction of sp³-hybridized carbons (Fsp3) is 0.350. The first-order valence-corrected chi connectivity index (χ1v) is 8.63. The zero-order valence-corrected chi connectivity index (χ0v) is 16.5. The van der Waals surface area contributed by atoms with Gasteiger partial charge in [-0.05, 0) is 38.5 Å². The number of allylic oxidation sites excluding steroid dienone is 2. The van der Waals surface area contributed by atoms with Crippen molar-refractivity contribution in [2.45, 2.75) is 33.1 Å². The van der Waals surface area contributed by atoms with Crippen LogP contribution in [0, 0.1) is 0 Å². The maximum atomic E-state index is 12.8. The third-order valence-corrected chi connectivity index (χ3v) is 4.16. The highest BCUT2D eigenvalue weighted by Crippen LogP contribution is 2.26. The van der Waals surface area contributed by atoms with Gasteiger partial charge in [-0.1, -0.05) is 18.2 Å². The van der Waals surface area contributed by atoms with Gasteiger partial charge in [-0.25, -0.2) is 4.79 Å². The molecule has 2 amide bonds. The number of hydrogen-bond donors (Lipinski definition) is 2. The number of ether oxygens (including phenoxy) is 3. The number of methoxy groups -OCH3 is 2. The predicted octanol–water partition coefficient (Wildman–Crippen LogP) is 1.64. The van der Waals surface area contributed by atoms with Crippen LogP contribution in [0.15, 0.2) is 52.9 Å². The van der Waals surface area contributed by atoms with Crippen LogP contribution in [0.3, 0.4) is 0 Å². The molecule has 0 unspecified atom stereocenters. The summed E-state index contributed by atoms with van der Waals surface area (Å²) in [5.74, 6) is -1.40. The number of amides is 2. The Kier molecular flexibility index (Phi) is 7.08. The summed E-state index contributed by atoms with van der Waals surface area (Å²) in [4.78, 5) is 37.5. The van der Waals surface area contributed by atoms with Crippen molar-refractivity contribution in [1.82, 2.24) is 10.6 Å². The average molecular weight is 388 g/mol. The SMILES string of the molecule is COC(OC)[C@@H](NC(=O)c1ccccc1)C(=O)NC1=C(C)C(=C(C)C)OC1=O. The summed E-state index contributed by atoms with van der Waals surface area (Å²) >= 11 is 0. The Hall–Kier alpha value is -2.97. The monoisotopic (exact) mass is 388 g/mol. The van der Waals surface area contributed by atoms with Crippen LogP contribution < -0.4 is 10.6 Å². The van der Waals surface area contributed by atoms with E-state index in [0.717, 1.165) is 5.57 Å². The van der Waals surface area contributed by atoms with Crippen molar-refractivity contribution in [3.8, 4) is 0 Å². The molecule has 1 atom stereocenters. The highest BCUT2D eigenvalue weighted by atomic mass is 16.7. The van der Waals surface area contributed by atoms with Crippen molar-refractivity contribution < 1.29 is 28.6 Å². The zero-order chi connectivity index (χ0) is 20.8. The number of rotatable bonds is 7. The summed E-state index contributed by atoms with van der Waals surface area (Å²) < 4.78 is 15.5. The molecule has 8 heteroatoms. The molecular weight excluding hydrogens is 364 g/mol. The second-order valence-corrected chi connectivity index (χ2v) is 6.36. The first-order valence-electron chi connectivity index (χ1n) is 8.63. The van der Waals surface area contributed by atoms with Gasteiger partial charge in [0, 0.05) is 25.4 Å². The van der Waals surface area contributed by atoms with E-state index in [1.54, 1.807) is 51.1 Å². The molecule has 28 heavy (non-hydrogen) atoms. The molecule has 1 aliphatic heterocycles. The number of nitrogens with one attached hydrogen (secondary N) is 2. The quantitative estimate of drug-likeness (QED) is 0.544. The maximum absolute atomic E-state index is 12.8. The van der Waals surface area contributed by atoms with Gasteiger partial charge in [-0.2, -0.15) is 0 Å². The zero-order valence-electron chi connectivity index (χ0n) is 16.5. The van der Waals surface area contributed by atoms with Gasteiger partial charge in [0.25, 0.3) is 11.8 Å². The third kappa shape index (κ3) is 4.65. The first-order chi connectivity index (χ1) is 13.3. The molecule has 0 saturated heterocycles. The van der Waals surface area contributed by atoms with Gasteiger partial charge in [0.1, 0.15) is 11.5 Å². The van der Waals surface area contributed by atoms with E-state index < -0.39 is 30.1 Å². The first kappa shape index (κ1) is 21.3. The largest absolute Gasteiger partial charge is 0.422 e. The number of cyclic esters (lactones) is 1. The summed E-state index contributed by atoms with van der Waals surface area (Å²) in [5.41, 5.74) is 1.70. The smallest absolute Gasteiger partial charge is 0.360 e. The van der Waals surface area contributed by atoms with Crippen LogP contribution in [0.2, 0.25) is 0 Å². The van der Waals surface area contributed by atoms with Crippen LogP contribution in [0.4, 0.5) is 0 Å². The molecule has 0 bridgehead atoms. The van der Waals surface area contributed by atoms with Crippen molar-refractivity contribution in [1.29, 1.82) is 0 Å². The summed E-state index contributed by atoms with van der Waals surface area (Å²) in [6, 6.07) is 7.21. The van der Waals surface area contributed by atoms with Gasteiger partial charge < -0.3 is 24.8 Å². The van der Waals surface area contributed by atoms with E-state index in [2.05, 4.69) is 10.6 Å².